The van der Waals surface area contributed by atoms with Gasteiger partial charge in [0, 0.05) is 0 Å². The Balaban J connectivity index is 4.68. The Morgan fingerprint density at radius 3 is 2.40 bits per heavy atom. The number of hydrogen-bond acceptors (Lipinski definition) is 3. The van der Waals surface area contributed by atoms with E-state index in [2.05, 4.69) is 0 Å². The van der Waals surface area contributed by atoms with Crippen molar-refractivity contribution < 1.29 is 19.8 Å². The predicted molar refractivity (Wildman–Crippen MR) is 30.8 cm³/mol. The molecular formula is C5H7N2O3+. The van der Waals surface area contributed by atoms with Crippen molar-refractivity contribution in [3.63, 3.8) is 0 Å². The fourth-order valence-electron chi connectivity index (χ4n) is 0.374. The van der Waals surface area contributed by atoms with Gasteiger partial charge in [-0.05, 0) is 11.7 Å². The maximum Gasteiger partial charge on any atom is 0.417 e. The Morgan fingerprint density at radius 2 is 2.30 bits per heavy atom. The fraction of sp³-hybridized carbons (Fsp3) is 0.400. The van der Waals surface area contributed by atoms with Gasteiger partial charge in [-0.2, -0.15) is 5.26 Å². The molecule has 0 amide bonds. The van der Waals surface area contributed by atoms with Crippen molar-refractivity contribution in [1.29, 1.82) is 5.26 Å². The third kappa shape index (κ3) is 1.74. The SMILES string of the molecule is CC[N+](O)=C(C#N)C(=O)O. The lowest BCUT2D eigenvalue weighted by atomic mass is 10.4. The maximum absolute atomic E-state index is 10.1. The molecule has 0 aromatic heterocycles. The molecule has 0 saturated heterocycles. The summed E-state index contributed by atoms with van der Waals surface area (Å²) in [6.45, 7) is 1.61. The molecule has 0 bridgehead atoms. The lowest BCUT2D eigenvalue weighted by molar-refractivity contribution is -0.771. The molecule has 0 unspecified atom stereocenters. The van der Waals surface area contributed by atoms with Crippen LogP contribution in [0, 0.1) is 11.3 Å². The van der Waals surface area contributed by atoms with E-state index >= 15 is 0 Å². The summed E-state index contributed by atoms with van der Waals surface area (Å²) in [5.41, 5.74) is -0.664. The molecule has 0 saturated carbocycles. The second-order valence-corrected chi connectivity index (χ2v) is 1.48. The lowest BCUT2D eigenvalue weighted by Crippen LogP contribution is -2.24. The van der Waals surface area contributed by atoms with E-state index in [1.807, 2.05) is 0 Å². The summed E-state index contributed by atoms with van der Waals surface area (Å²) < 4.78 is 0.377. The van der Waals surface area contributed by atoms with Gasteiger partial charge in [0.2, 0.25) is 0 Å². The van der Waals surface area contributed by atoms with Crippen molar-refractivity contribution in [2.45, 2.75) is 6.92 Å². The molecular weight excluding hydrogens is 136 g/mol. The Morgan fingerprint density at radius 1 is 1.80 bits per heavy atom. The molecule has 5 heteroatoms. The molecule has 10 heavy (non-hydrogen) atoms. The van der Waals surface area contributed by atoms with E-state index in [0.717, 1.165) is 0 Å². The highest BCUT2D eigenvalue weighted by molar-refractivity contribution is 6.39. The number of carboxylic acid groups (broad SMARTS) is 1. The van der Waals surface area contributed by atoms with Crippen LogP contribution in [0.5, 0.6) is 0 Å². The highest BCUT2D eigenvalue weighted by Gasteiger charge is 2.21. The summed E-state index contributed by atoms with van der Waals surface area (Å²) in [5.74, 6) is -1.42. The van der Waals surface area contributed by atoms with Crippen molar-refractivity contribution in [2.24, 2.45) is 0 Å². The summed E-state index contributed by atoms with van der Waals surface area (Å²) in [5, 5.41) is 25.0. The molecule has 0 fully saturated rings. The largest absolute Gasteiger partial charge is 0.473 e. The minimum absolute atomic E-state index is 0.0786. The van der Waals surface area contributed by atoms with Gasteiger partial charge in [0.25, 0.3) is 0 Å². The number of nitriles is 1. The van der Waals surface area contributed by atoms with Crippen molar-refractivity contribution in [3.05, 3.63) is 0 Å². The number of nitrogens with zero attached hydrogens (tertiary/aromatic N) is 2. The predicted octanol–water partition coefficient (Wildman–Crippen LogP) is -0.543. The second kappa shape index (κ2) is 3.45. The molecule has 0 aliphatic heterocycles. The van der Waals surface area contributed by atoms with Crippen LogP contribution in [-0.2, 0) is 4.79 Å². The van der Waals surface area contributed by atoms with Crippen molar-refractivity contribution >= 4 is 11.7 Å². The number of carboxylic acids is 1. The van der Waals surface area contributed by atoms with E-state index in [0.29, 0.717) is 4.74 Å². The summed E-state index contributed by atoms with van der Waals surface area (Å²) in [4.78, 5) is 10.1. The minimum Gasteiger partial charge on any atom is -0.473 e. The highest BCUT2D eigenvalue weighted by atomic mass is 16.5. The maximum atomic E-state index is 10.1. The second-order valence-electron chi connectivity index (χ2n) is 1.48. The van der Waals surface area contributed by atoms with E-state index in [9.17, 15) is 4.79 Å². The fourth-order valence-corrected chi connectivity index (χ4v) is 0.374. The van der Waals surface area contributed by atoms with Crippen LogP contribution in [0.4, 0.5) is 0 Å². The summed E-state index contributed by atoms with van der Waals surface area (Å²) >= 11 is 0. The number of hydrogen-bond donors (Lipinski definition) is 2. The Labute approximate surface area is 57.4 Å². The average Bonchev–Trinajstić information content (AvgIpc) is 1.88. The molecule has 5 nitrogen and oxygen atoms in total. The van der Waals surface area contributed by atoms with E-state index in [-0.39, 0.29) is 6.54 Å². The van der Waals surface area contributed by atoms with Gasteiger partial charge in [-0.1, -0.05) is 0 Å². The molecule has 0 rings (SSSR count). The van der Waals surface area contributed by atoms with Crippen LogP contribution in [0.3, 0.4) is 0 Å². The van der Waals surface area contributed by atoms with Gasteiger partial charge in [0.15, 0.2) is 12.6 Å². The zero-order chi connectivity index (χ0) is 8.15. The summed E-state index contributed by atoms with van der Waals surface area (Å²) in [6, 6.07) is 1.35. The number of hydroxylamine groups is 1. The van der Waals surface area contributed by atoms with Gasteiger partial charge in [0.1, 0.15) is 0 Å². The van der Waals surface area contributed by atoms with Crippen LogP contribution < -0.4 is 0 Å². The van der Waals surface area contributed by atoms with Crippen LogP contribution >= 0.6 is 0 Å². The zero-order valence-electron chi connectivity index (χ0n) is 5.40. The summed E-state index contributed by atoms with van der Waals surface area (Å²) in [6.07, 6.45) is 0. The molecule has 0 aliphatic carbocycles. The molecule has 0 atom stereocenters. The first kappa shape index (κ1) is 8.43. The quantitative estimate of drug-likeness (QED) is 0.235. The molecule has 54 valence electrons. The van der Waals surface area contributed by atoms with Crippen molar-refractivity contribution in [1.82, 2.24) is 0 Å². The van der Waals surface area contributed by atoms with Crippen molar-refractivity contribution in [2.75, 3.05) is 6.54 Å². The van der Waals surface area contributed by atoms with E-state index in [4.69, 9.17) is 15.6 Å². The van der Waals surface area contributed by atoms with E-state index in [1.54, 1.807) is 0 Å². The Bertz CT molecular complexity index is 213. The van der Waals surface area contributed by atoms with Crippen LogP contribution in [0.25, 0.3) is 0 Å². The van der Waals surface area contributed by atoms with Gasteiger partial charge >= 0.3 is 11.7 Å². The highest BCUT2D eigenvalue weighted by Crippen LogP contribution is 1.75. The topological polar surface area (TPSA) is 84.3 Å². The first-order chi connectivity index (χ1) is 4.63. The summed E-state index contributed by atoms with van der Waals surface area (Å²) in [7, 11) is 0. The Hall–Kier alpha value is -1.57. The zero-order valence-corrected chi connectivity index (χ0v) is 5.40. The van der Waals surface area contributed by atoms with Gasteiger partial charge in [-0.15, -0.1) is 0 Å². The molecule has 0 spiro atoms. The van der Waals surface area contributed by atoms with Gasteiger partial charge in [0.05, 0.1) is 0 Å². The third-order valence-electron chi connectivity index (χ3n) is 0.866. The van der Waals surface area contributed by atoms with Gasteiger partial charge in [-0.25, -0.2) is 4.79 Å². The Kier molecular flexibility index (Phi) is 2.91. The first-order valence-electron chi connectivity index (χ1n) is 2.60. The number of rotatable bonds is 2. The van der Waals surface area contributed by atoms with E-state index in [1.165, 1.54) is 13.0 Å². The van der Waals surface area contributed by atoms with Crippen LogP contribution in [-0.4, -0.2) is 33.3 Å². The normalized spacial score (nSPS) is 11.6. The van der Waals surface area contributed by atoms with Gasteiger partial charge in [-0.3, -0.25) is 5.21 Å². The van der Waals surface area contributed by atoms with Gasteiger partial charge < -0.3 is 5.11 Å². The third-order valence-corrected chi connectivity index (χ3v) is 0.866. The molecule has 0 aromatic carbocycles. The van der Waals surface area contributed by atoms with Crippen LogP contribution in [0.2, 0.25) is 0 Å². The van der Waals surface area contributed by atoms with Crippen molar-refractivity contribution in [3.8, 4) is 6.07 Å². The molecule has 0 radical (unpaired) electrons. The standard InChI is InChI=1S/C5H6N2O3/c1-2-7(10)4(3-6)5(8)9/h2H2,1H3,(H-,8,9,10)/p+1. The molecule has 0 aliphatic rings. The number of carbonyl (C=O) groups is 1. The average molecular weight is 143 g/mol. The minimum atomic E-state index is -1.42. The van der Waals surface area contributed by atoms with Crippen LogP contribution in [0.15, 0.2) is 0 Å². The molecule has 0 aromatic rings. The van der Waals surface area contributed by atoms with Crippen LogP contribution in [0.1, 0.15) is 6.92 Å². The smallest absolute Gasteiger partial charge is 0.417 e. The first-order valence-corrected chi connectivity index (χ1v) is 2.60. The molecule has 2 N–H and O–H groups in total. The lowest BCUT2D eigenvalue weighted by Gasteiger charge is -1.85. The molecule has 0 heterocycles. The monoisotopic (exact) mass is 143 g/mol. The number of aliphatic carboxylic acids is 1. The van der Waals surface area contributed by atoms with E-state index < -0.39 is 11.7 Å².